The van der Waals surface area contributed by atoms with Crippen LogP contribution in [0.4, 0.5) is 0 Å². The molecule has 0 fully saturated rings. The van der Waals surface area contributed by atoms with Gasteiger partial charge in [0.05, 0.1) is 23.3 Å². The largest absolute Gasteiger partial charge is 0.372 e. The molecule has 142 valence electrons. The van der Waals surface area contributed by atoms with Crippen molar-refractivity contribution in [2.24, 2.45) is 5.92 Å². The molecule has 1 aromatic carbocycles. The Hall–Kier alpha value is -2.25. The summed E-state index contributed by atoms with van der Waals surface area (Å²) in [4.78, 5) is 42.9. The highest BCUT2D eigenvalue weighted by Gasteiger charge is 2.39. The maximum absolute atomic E-state index is 12.5. The van der Waals surface area contributed by atoms with Gasteiger partial charge in [-0.05, 0) is 38.8 Å². The number of amides is 3. The highest BCUT2D eigenvalue weighted by atomic mass is 16.7. The lowest BCUT2D eigenvalue weighted by Crippen LogP contribution is -2.47. The summed E-state index contributed by atoms with van der Waals surface area (Å²) in [5.74, 6) is -1.34. The fraction of sp³-hybridized carbons (Fsp3) is 0.526. The van der Waals surface area contributed by atoms with Crippen LogP contribution >= 0.6 is 0 Å². The Labute approximate surface area is 153 Å². The Kier molecular flexibility index (Phi) is 6.15. The lowest BCUT2D eigenvalue weighted by atomic mass is 10.1. The maximum Gasteiger partial charge on any atom is 0.285 e. The molecule has 26 heavy (non-hydrogen) atoms. The first-order valence-electron chi connectivity index (χ1n) is 8.66. The lowest BCUT2D eigenvalue weighted by molar-refractivity contribution is -0.177. The van der Waals surface area contributed by atoms with Crippen LogP contribution < -0.4 is 5.32 Å². The summed E-state index contributed by atoms with van der Waals surface area (Å²) in [6.45, 7) is 9.84. The second-order valence-corrected chi connectivity index (χ2v) is 7.61. The van der Waals surface area contributed by atoms with Gasteiger partial charge in [0.15, 0.2) is 6.10 Å². The number of carbonyl (C=O) groups excluding carboxylic acids is 3. The molecule has 0 unspecified atom stereocenters. The van der Waals surface area contributed by atoms with Crippen molar-refractivity contribution in [2.75, 3.05) is 13.2 Å². The molecule has 1 aliphatic heterocycles. The third-order valence-electron chi connectivity index (χ3n) is 3.63. The van der Waals surface area contributed by atoms with Gasteiger partial charge in [-0.2, -0.15) is 0 Å². The Morgan fingerprint density at radius 1 is 1.12 bits per heavy atom. The standard InChI is InChI=1S/C19H26N2O5/c1-12(2)10-20-16(22)15(11-25-19(3,4)5)26-21-17(23)13-8-6-7-9-14(13)18(21)24/h6-9,12,15H,10-11H2,1-5H3,(H,20,22)/t15-/m1/s1. The van der Waals surface area contributed by atoms with Gasteiger partial charge in [-0.15, -0.1) is 5.06 Å². The summed E-state index contributed by atoms with van der Waals surface area (Å²) in [6.07, 6.45) is -1.12. The number of hydrogen-bond acceptors (Lipinski definition) is 5. The molecule has 0 bridgehead atoms. The minimum atomic E-state index is -1.12. The van der Waals surface area contributed by atoms with E-state index < -0.39 is 29.4 Å². The summed E-state index contributed by atoms with van der Waals surface area (Å²) in [5, 5.41) is 3.40. The topological polar surface area (TPSA) is 84.9 Å². The van der Waals surface area contributed by atoms with E-state index in [9.17, 15) is 14.4 Å². The SMILES string of the molecule is CC(C)CNC(=O)[C@@H](COC(C)(C)C)ON1C(=O)c2ccccc2C1=O. The second kappa shape index (κ2) is 7.97. The molecule has 1 N–H and O–H groups in total. The number of ether oxygens (including phenoxy) is 1. The molecule has 0 aromatic heterocycles. The predicted molar refractivity (Wildman–Crippen MR) is 95.4 cm³/mol. The van der Waals surface area contributed by atoms with Crippen molar-refractivity contribution < 1.29 is 24.0 Å². The van der Waals surface area contributed by atoms with Gasteiger partial charge >= 0.3 is 0 Å². The molecule has 0 saturated carbocycles. The van der Waals surface area contributed by atoms with E-state index in [2.05, 4.69) is 5.32 Å². The van der Waals surface area contributed by atoms with Gasteiger partial charge in [0, 0.05) is 6.54 Å². The highest BCUT2D eigenvalue weighted by molar-refractivity contribution is 6.20. The van der Waals surface area contributed by atoms with E-state index in [1.54, 1.807) is 24.3 Å². The van der Waals surface area contributed by atoms with Gasteiger partial charge < -0.3 is 10.1 Å². The van der Waals surface area contributed by atoms with Crippen molar-refractivity contribution in [3.05, 3.63) is 35.4 Å². The van der Waals surface area contributed by atoms with Gasteiger partial charge in [-0.25, -0.2) is 4.84 Å². The van der Waals surface area contributed by atoms with Crippen molar-refractivity contribution in [1.29, 1.82) is 0 Å². The van der Waals surface area contributed by atoms with Crippen LogP contribution in [0.25, 0.3) is 0 Å². The zero-order valence-electron chi connectivity index (χ0n) is 15.9. The number of benzene rings is 1. The fourth-order valence-corrected chi connectivity index (χ4v) is 2.29. The van der Waals surface area contributed by atoms with Crippen LogP contribution in [0.1, 0.15) is 55.3 Å². The third kappa shape index (κ3) is 4.89. The number of fused-ring (bicyclic) bond motifs is 1. The Bertz CT molecular complexity index is 658. The Morgan fingerprint density at radius 2 is 1.65 bits per heavy atom. The van der Waals surface area contributed by atoms with E-state index in [4.69, 9.17) is 9.57 Å². The number of nitrogens with one attached hydrogen (secondary N) is 1. The van der Waals surface area contributed by atoms with E-state index in [1.807, 2.05) is 34.6 Å². The first-order valence-corrected chi connectivity index (χ1v) is 8.66. The van der Waals surface area contributed by atoms with Crippen LogP contribution in [0.5, 0.6) is 0 Å². The van der Waals surface area contributed by atoms with Crippen LogP contribution in [-0.4, -0.2) is 47.6 Å². The summed E-state index contributed by atoms with van der Waals surface area (Å²) >= 11 is 0. The number of imide groups is 1. The Balaban J connectivity index is 2.14. The van der Waals surface area contributed by atoms with Gasteiger partial charge in [-0.3, -0.25) is 14.4 Å². The molecule has 1 aliphatic rings. The highest BCUT2D eigenvalue weighted by Crippen LogP contribution is 2.23. The summed E-state index contributed by atoms with van der Waals surface area (Å²) < 4.78 is 5.64. The normalized spacial score (nSPS) is 15.4. The van der Waals surface area contributed by atoms with E-state index in [-0.39, 0.29) is 23.7 Å². The van der Waals surface area contributed by atoms with Gasteiger partial charge in [0.2, 0.25) is 0 Å². The molecule has 0 radical (unpaired) electrons. The predicted octanol–water partition coefficient (Wildman–Crippen LogP) is 2.17. The zero-order valence-corrected chi connectivity index (χ0v) is 15.9. The molecule has 2 rings (SSSR count). The van der Waals surface area contributed by atoms with Crippen molar-refractivity contribution in [3.8, 4) is 0 Å². The Morgan fingerprint density at radius 3 is 2.12 bits per heavy atom. The molecule has 1 heterocycles. The van der Waals surface area contributed by atoms with Crippen molar-refractivity contribution in [2.45, 2.75) is 46.3 Å². The van der Waals surface area contributed by atoms with E-state index in [1.165, 1.54) is 0 Å². The summed E-state index contributed by atoms with van der Waals surface area (Å²) in [6, 6.07) is 6.45. The van der Waals surface area contributed by atoms with E-state index in [0.29, 0.717) is 11.6 Å². The fourth-order valence-electron chi connectivity index (χ4n) is 2.29. The molecule has 0 spiro atoms. The number of nitrogens with zero attached hydrogens (tertiary/aromatic N) is 1. The maximum atomic E-state index is 12.5. The third-order valence-corrected chi connectivity index (χ3v) is 3.63. The molecule has 7 nitrogen and oxygen atoms in total. The molecule has 1 atom stereocenters. The van der Waals surface area contributed by atoms with Crippen molar-refractivity contribution >= 4 is 17.7 Å². The first-order chi connectivity index (χ1) is 12.1. The molecular weight excluding hydrogens is 336 g/mol. The monoisotopic (exact) mass is 362 g/mol. The van der Waals surface area contributed by atoms with Gasteiger partial charge in [0.25, 0.3) is 17.7 Å². The molecule has 7 heteroatoms. The summed E-state index contributed by atoms with van der Waals surface area (Å²) in [5.41, 5.74) is 0.0215. The molecular formula is C19H26N2O5. The number of rotatable bonds is 7. The minimum absolute atomic E-state index is 0.0825. The van der Waals surface area contributed by atoms with Gasteiger partial charge in [0.1, 0.15) is 0 Å². The van der Waals surface area contributed by atoms with E-state index >= 15 is 0 Å². The number of hydroxylamine groups is 2. The zero-order chi connectivity index (χ0) is 19.5. The van der Waals surface area contributed by atoms with E-state index in [0.717, 1.165) is 0 Å². The van der Waals surface area contributed by atoms with Crippen LogP contribution in [0, 0.1) is 5.92 Å². The molecule has 1 aromatic rings. The lowest BCUT2D eigenvalue weighted by Gasteiger charge is -2.26. The molecule has 0 aliphatic carbocycles. The van der Waals surface area contributed by atoms with Crippen molar-refractivity contribution in [1.82, 2.24) is 10.4 Å². The quantitative estimate of drug-likeness (QED) is 0.752. The minimum Gasteiger partial charge on any atom is -0.372 e. The number of carbonyl (C=O) groups is 3. The average Bonchev–Trinajstić information content (AvgIpc) is 2.80. The van der Waals surface area contributed by atoms with Crippen LogP contribution in [0.2, 0.25) is 0 Å². The molecule has 3 amide bonds. The molecule has 0 saturated heterocycles. The average molecular weight is 362 g/mol. The first kappa shape index (κ1) is 20.1. The van der Waals surface area contributed by atoms with Crippen LogP contribution in [0.3, 0.4) is 0 Å². The van der Waals surface area contributed by atoms with Crippen LogP contribution in [0.15, 0.2) is 24.3 Å². The van der Waals surface area contributed by atoms with Crippen LogP contribution in [-0.2, 0) is 14.4 Å². The number of hydrogen-bond donors (Lipinski definition) is 1. The summed E-state index contributed by atoms with van der Waals surface area (Å²) in [7, 11) is 0. The van der Waals surface area contributed by atoms with Gasteiger partial charge in [-0.1, -0.05) is 26.0 Å². The smallest absolute Gasteiger partial charge is 0.285 e. The second-order valence-electron chi connectivity index (χ2n) is 7.61. The van der Waals surface area contributed by atoms with Crippen molar-refractivity contribution in [3.63, 3.8) is 0 Å².